The number of phosphoric acid groups is 1. The SMILES string of the molecule is O=P(O)(O)O.[AlH3].[LiH].[Zr]. The first-order chi connectivity index (χ1) is 2.00. The van der Waals surface area contributed by atoms with Gasteiger partial charge in [0.1, 0.15) is 0 Å². The van der Waals surface area contributed by atoms with Gasteiger partial charge >= 0.3 is 26.7 Å². The molecule has 0 saturated carbocycles. The van der Waals surface area contributed by atoms with Crippen molar-refractivity contribution in [3.63, 3.8) is 0 Å². The third-order valence-corrected chi connectivity index (χ3v) is 0. The summed E-state index contributed by atoms with van der Waals surface area (Å²) < 4.78 is 8.88. The molecule has 0 aromatic carbocycles. The largest absolute Gasteiger partial charge is 0 e. The Morgan fingerprint density at radius 3 is 1.12 bits per heavy atom. The Kier molecular flexibility index (Phi) is 25.6. The van der Waals surface area contributed by atoms with Crippen LogP contribution in [0.3, 0.4) is 0 Å². The van der Waals surface area contributed by atoms with Crippen molar-refractivity contribution in [1.82, 2.24) is 0 Å². The van der Waals surface area contributed by atoms with Gasteiger partial charge < -0.3 is 14.7 Å². The summed E-state index contributed by atoms with van der Waals surface area (Å²) in [5, 5.41) is 0. The summed E-state index contributed by atoms with van der Waals surface area (Å²) in [5.74, 6) is 0. The Balaban J connectivity index is -0.0000000267. The summed E-state index contributed by atoms with van der Waals surface area (Å²) in [4.78, 5) is 21.6. The minimum atomic E-state index is -4.64. The van der Waals surface area contributed by atoms with Crippen LogP contribution in [0.4, 0.5) is 0 Å². The molecule has 0 fully saturated rings. The van der Waals surface area contributed by atoms with Gasteiger partial charge in [-0.25, -0.2) is 4.57 Å². The van der Waals surface area contributed by atoms with Crippen LogP contribution in [0, 0.1) is 0 Å². The van der Waals surface area contributed by atoms with Gasteiger partial charge in [-0.3, -0.25) is 0 Å². The molecule has 0 aromatic rings. The average Bonchev–Trinajstić information content (AvgIpc) is 0.722. The van der Waals surface area contributed by atoms with E-state index in [0.29, 0.717) is 0 Å². The van der Waals surface area contributed by atoms with Crippen molar-refractivity contribution < 1.29 is 45.4 Å². The second kappa shape index (κ2) is 9.12. The molecule has 44 valence electrons. The fourth-order valence-electron chi connectivity index (χ4n) is 0. The Morgan fingerprint density at radius 2 is 1.12 bits per heavy atom. The minimum Gasteiger partial charge on any atom is 0 e. The summed E-state index contributed by atoms with van der Waals surface area (Å²) in [7, 11) is -4.64. The first-order valence-electron chi connectivity index (χ1n) is 0.783. The third kappa shape index (κ3) is 91.4. The van der Waals surface area contributed by atoms with Crippen molar-refractivity contribution in [2.24, 2.45) is 0 Å². The zero-order valence-corrected chi connectivity index (χ0v) is 6.05. The molecule has 0 aliphatic carbocycles. The topological polar surface area (TPSA) is 77.8 Å². The van der Waals surface area contributed by atoms with Crippen molar-refractivity contribution in [1.29, 1.82) is 0 Å². The van der Waals surface area contributed by atoms with Crippen LogP contribution >= 0.6 is 7.82 Å². The van der Waals surface area contributed by atoms with E-state index < -0.39 is 7.82 Å². The maximum atomic E-state index is 8.88. The quantitative estimate of drug-likeness (QED) is 0.309. The van der Waals surface area contributed by atoms with Gasteiger partial charge in [-0.2, -0.15) is 0 Å². The van der Waals surface area contributed by atoms with Crippen molar-refractivity contribution in [3.8, 4) is 0 Å². The van der Waals surface area contributed by atoms with Crippen LogP contribution in [-0.2, 0) is 30.8 Å². The van der Waals surface area contributed by atoms with Gasteiger partial charge in [0.05, 0.1) is 0 Å². The van der Waals surface area contributed by atoms with Gasteiger partial charge in [-0.05, 0) is 0 Å². The molecule has 0 rings (SSSR count). The predicted molar refractivity (Wildman–Crippen MR) is 31.4 cm³/mol. The number of rotatable bonds is 0. The van der Waals surface area contributed by atoms with Gasteiger partial charge in [-0.15, -0.1) is 0 Å². The molecular weight excluding hydrogens is 220 g/mol. The molecular formula is H7AlLiO4PZr. The second-order valence-electron chi connectivity index (χ2n) is 0.513. The Bertz CT molecular complexity index is 62.2. The van der Waals surface area contributed by atoms with Gasteiger partial charge in [0.25, 0.3) is 0 Å². The van der Waals surface area contributed by atoms with Crippen LogP contribution < -0.4 is 0 Å². The van der Waals surface area contributed by atoms with Crippen LogP contribution in [0.5, 0.6) is 0 Å². The molecule has 0 heterocycles. The fourth-order valence-corrected chi connectivity index (χ4v) is 0. The molecule has 0 saturated heterocycles. The first-order valence-corrected chi connectivity index (χ1v) is 2.35. The van der Waals surface area contributed by atoms with E-state index >= 15 is 0 Å². The van der Waals surface area contributed by atoms with Gasteiger partial charge in [0.15, 0.2) is 17.4 Å². The normalized spacial score (nSPS) is 7.38. The van der Waals surface area contributed by atoms with Crippen molar-refractivity contribution in [2.75, 3.05) is 0 Å². The van der Waals surface area contributed by atoms with Gasteiger partial charge in [0, 0.05) is 26.2 Å². The summed E-state index contributed by atoms with van der Waals surface area (Å²) in [6, 6.07) is 0. The number of hydrogen-bond donors (Lipinski definition) is 3. The summed E-state index contributed by atoms with van der Waals surface area (Å²) >= 11 is 0. The first kappa shape index (κ1) is 22.5. The van der Waals surface area contributed by atoms with E-state index in [1.807, 2.05) is 0 Å². The molecule has 0 spiro atoms. The molecule has 0 atom stereocenters. The van der Waals surface area contributed by atoms with E-state index in [1.165, 1.54) is 0 Å². The maximum absolute atomic E-state index is 8.88. The standard InChI is InChI=1S/Al.Li.H3O4P.Zr.4H/c;;1-5(2,3)4;;;;;/h;;(H3,1,2,3,4);;;;;. The van der Waals surface area contributed by atoms with E-state index in [4.69, 9.17) is 19.2 Å². The number of hydrogen-bond acceptors (Lipinski definition) is 1. The van der Waals surface area contributed by atoms with Crippen molar-refractivity contribution in [3.05, 3.63) is 0 Å². The van der Waals surface area contributed by atoms with E-state index in [1.54, 1.807) is 0 Å². The van der Waals surface area contributed by atoms with Gasteiger partial charge in [-0.1, -0.05) is 0 Å². The van der Waals surface area contributed by atoms with Crippen molar-refractivity contribution in [2.45, 2.75) is 0 Å². The van der Waals surface area contributed by atoms with Crippen molar-refractivity contribution >= 4 is 44.0 Å². The Hall–Kier alpha value is 2.12. The molecule has 0 aromatic heterocycles. The van der Waals surface area contributed by atoms with E-state index in [2.05, 4.69) is 0 Å². The average molecular weight is 227 g/mol. The van der Waals surface area contributed by atoms with Crippen LogP contribution in [0.2, 0.25) is 0 Å². The maximum Gasteiger partial charge on any atom is 0 e. The summed E-state index contributed by atoms with van der Waals surface area (Å²) in [6.45, 7) is 0. The molecule has 0 aliphatic rings. The summed E-state index contributed by atoms with van der Waals surface area (Å²) in [5.41, 5.74) is 0. The minimum absolute atomic E-state index is 0. The van der Waals surface area contributed by atoms with E-state index in [9.17, 15) is 0 Å². The monoisotopic (exact) mass is 226 g/mol. The molecule has 0 bridgehead atoms. The zero-order chi connectivity index (χ0) is 4.50. The van der Waals surface area contributed by atoms with Gasteiger partial charge in [0.2, 0.25) is 0 Å². The molecule has 4 nitrogen and oxygen atoms in total. The zero-order valence-electron chi connectivity index (χ0n) is 2.70. The van der Waals surface area contributed by atoms with Crippen LogP contribution in [0.25, 0.3) is 0 Å². The fraction of sp³-hybridized carbons (Fsp3) is 0. The predicted octanol–water partition coefficient (Wildman–Crippen LogP) is -2.76. The van der Waals surface area contributed by atoms with Crippen LogP contribution in [0.15, 0.2) is 0 Å². The Morgan fingerprint density at radius 1 is 1.12 bits per heavy atom. The van der Waals surface area contributed by atoms with E-state index in [0.717, 1.165) is 0 Å². The third-order valence-electron chi connectivity index (χ3n) is 0. The van der Waals surface area contributed by atoms with Crippen LogP contribution in [0.1, 0.15) is 0 Å². The second-order valence-corrected chi connectivity index (χ2v) is 1.54. The molecule has 0 aliphatic heterocycles. The smallest absolute Gasteiger partial charge is 0 e. The van der Waals surface area contributed by atoms with E-state index in [-0.39, 0.29) is 62.4 Å². The molecule has 8 heteroatoms. The van der Waals surface area contributed by atoms with Crippen LogP contribution in [-0.4, -0.2) is 50.9 Å². The molecule has 0 radical (unpaired) electrons. The molecule has 0 unspecified atom stereocenters. The molecule has 8 heavy (non-hydrogen) atoms. The molecule has 0 amide bonds. The summed E-state index contributed by atoms with van der Waals surface area (Å²) in [6.07, 6.45) is 0. The Labute approximate surface area is 88.7 Å². The molecule has 3 N–H and O–H groups in total.